The van der Waals surface area contributed by atoms with Crippen LogP contribution < -0.4 is 10.2 Å². The topological polar surface area (TPSA) is 49.4 Å². The third kappa shape index (κ3) is 4.69. The molecule has 0 bridgehead atoms. The van der Waals surface area contributed by atoms with E-state index >= 15 is 0 Å². The maximum atomic E-state index is 12.5. The Morgan fingerprint density at radius 2 is 1.76 bits per heavy atom. The standard InChI is InChI=1S/C21H26N2O2/c1-14(2)18-8-6-7-9-20(18)23(17(5)24)13-21(25)22-19-11-10-15(3)12-16(19)4/h6-12,14H,13H2,1-5H3,(H,22,25). The molecule has 0 radical (unpaired) electrons. The number of nitrogens with one attached hydrogen (secondary N) is 1. The second kappa shape index (κ2) is 7.97. The van der Waals surface area contributed by atoms with Crippen molar-refractivity contribution in [2.45, 2.75) is 40.5 Å². The van der Waals surface area contributed by atoms with Gasteiger partial charge in [0.2, 0.25) is 11.8 Å². The molecule has 0 aliphatic heterocycles. The van der Waals surface area contributed by atoms with Gasteiger partial charge in [-0.05, 0) is 43.0 Å². The molecule has 2 aromatic carbocycles. The van der Waals surface area contributed by atoms with Gasteiger partial charge in [0.15, 0.2) is 0 Å². The van der Waals surface area contributed by atoms with Gasteiger partial charge in [0.1, 0.15) is 6.54 Å². The first-order valence-corrected chi connectivity index (χ1v) is 8.53. The van der Waals surface area contributed by atoms with Crippen LogP contribution in [0.2, 0.25) is 0 Å². The predicted octanol–water partition coefficient (Wildman–Crippen LogP) is 4.42. The molecule has 2 aromatic rings. The zero-order valence-electron chi connectivity index (χ0n) is 15.6. The summed E-state index contributed by atoms with van der Waals surface area (Å²) in [6.45, 7) is 9.60. The van der Waals surface area contributed by atoms with Crippen LogP contribution in [-0.2, 0) is 9.59 Å². The molecule has 0 saturated heterocycles. The fourth-order valence-electron chi connectivity index (χ4n) is 2.87. The van der Waals surface area contributed by atoms with E-state index in [4.69, 9.17) is 0 Å². The van der Waals surface area contributed by atoms with Gasteiger partial charge in [-0.1, -0.05) is 49.7 Å². The van der Waals surface area contributed by atoms with E-state index in [1.54, 1.807) is 0 Å². The van der Waals surface area contributed by atoms with Gasteiger partial charge < -0.3 is 10.2 Å². The third-order valence-corrected chi connectivity index (χ3v) is 4.19. The molecule has 1 N–H and O–H groups in total. The Morgan fingerprint density at radius 3 is 2.36 bits per heavy atom. The number of nitrogens with zero attached hydrogens (tertiary/aromatic N) is 1. The van der Waals surface area contributed by atoms with Gasteiger partial charge in [-0.15, -0.1) is 0 Å². The maximum absolute atomic E-state index is 12.5. The highest BCUT2D eigenvalue weighted by Crippen LogP contribution is 2.27. The van der Waals surface area contributed by atoms with Crippen molar-refractivity contribution in [1.82, 2.24) is 0 Å². The molecule has 2 amide bonds. The van der Waals surface area contributed by atoms with E-state index in [1.165, 1.54) is 11.8 Å². The van der Waals surface area contributed by atoms with Gasteiger partial charge in [0, 0.05) is 18.3 Å². The lowest BCUT2D eigenvalue weighted by Crippen LogP contribution is -2.37. The molecule has 2 rings (SSSR count). The highest BCUT2D eigenvalue weighted by molar-refractivity contribution is 6.02. The molecule has 0 saturated carbocycles. The number of anilines is 2. The quantitative estimate of drug-likeness (QED) is 0.877. The van der Waals surface area contributed by atoms with Gasteiger partial charge in [-0.2, -0.15) is 0 Å². The van der Waals surface area contributed by atoms with Crippen LogP contribution in [-0.4, -0.2) is 18.4 Å². The first-order valence-electron chi connectivity index (χ1n) is 8.53. The fraction of sp³-hybridized carbons (Fsp3) is 0.333. The lowest BCUT2D eigenvalue weighted by Gasteiger charge is -2.25. The predicted molar refractivity (Wildman–Crippen MR) is 103 cm³/mol. The number of carbonyl (C=O) groups excluding carboxylic acids is 2. The molecule has 25 heavy (non-hydrogen) atoms. The van der Waals surface area contributed by atoms with Crippen LogP contribution >= 0.6 is 0 Å². The Hall–Kier alpha value is -2.62. The normalized spacial score (nSPS) is 10.6. The van der Waals surface area contributed by atoms with Crippen LogP contribution in [0.5, 0.6) is 0 Å². The van der Waals surface area contributed by atoms with E-state index in [2.05, 4.69) is 19.2 Å². The van der Waals surface area contributed by atoms with E-state index in [9.17, 15) is 9.59 Å². The molecule has 4 nitrogen and oxygen atoms in total. The van der Waals surface area contributed by atoms with Crippen LogP contribution in [0.25, 0.3) is 0 Å². The van der Waals surface area contributed by atoms with E-state index in [0.717, 1.165) is 28.1 Å². The molecular formula is C21H26N2O2. The highest BCUT2D eigenvalue weighted by atomic mass is 16.2. The molecule has 0 heterocycles. The summed E-state index contributed by atoms with van der Waals surface area (Å²) in [5.74, 6) is -0.0926. The Kier molecular flexibility index (Phi) is 5.97. The molecule has 0 aliphatic rings. The van der Waals surface area contributed by atoms with Crippen molar-refractivity contribution in [3.8, 4) is 0 Å². The van der Waals surface area contributed by atoms with Crippen LogP contribution in [0, 0.1) is 13.8 Å². The molecule has 4 heteroatoms. The van der Waals surface area contributed by atoms with Crippen LogP contribution in [0.4, 0.5) is 11.4 Å². The molecule has 0 atom stereocenters. The van der Waals surface area contributed by atoms with Crippen molar-refractivity contribution in [3.63, 3.8) is 0 Å². The smallest absolute Gasteiger partial charge is 0.244 e. The number of amides is 2. The number of hydrogen-bond acceptors (Lipinski definition) is 2. The molecule has 132 valence electrons. The minimum absolute atomic E-state index is 0.00756. The molecule has 0 aliphatic carbocycles. The van der Waals surface area contributed by atoms with Crippen molar-refractivity contribution in [3.05, 3.63) is 59.2 Å². The average Bonchev–Trinajstić information content (AvgIpc) is 2.55. The van der Waals surface area contributed by atoms with Crippen LogP contribution in [0.15, 0.2) is 42.5 Å². The van der Waals surface area contributed by atoms with Crippen molar-refractivity contribution >= 4 is 23.2 Å². The second-order valence-corrected chi connectivity index (χ2v) is 6.69. The number of benzene rings is 2. The summed E-state index contributed by atoms with van der Waals surface area (Å²) in [5, 5.41) is 2.91. The number of aryl methyl sites for hydroxylation is 2. The van der Waals surface area contributed by atoms with Gasteiger partial charge in [0.25, 0.3) is 0 Å². The van der Waals surface area contributed by atoms with E-state index < -0.39 is 0 Å². The minimum atomic E-state index is -0.208. The summed E-state index contributed by atoms with van der Waals surface area (Å²) >= 11 is 0. The monoisotopic (exact) mass is 338 g/mol. The average molecular weight is 338 g/mol. The van der Waals surface area contributed by atoms with E-state index in [-0.39, 0.29) is 24.3 Å². The number of para-hydroxylation sites is 1. The Morgan fingerprint density at radius 1 is 1.08 bits per heavy atom. The van der Waals surface area contributed by atoms with Crippen molar-refractivity contribution in [2.24, 2.45) is 0 Å². The molecule has 0 unspecified atom stereocenters. The van der Waals surface area contributed by atoms with E-state index in [0.29, 0.717) is 0 Å². The van der Waals surface area contributed by atoms with Gasteiger partial charge in [-0.25, -0.2) is 0 Å². The van der Waals surface area contributed by atoms with Crippen LogP contribution in [0.1, 0.15) is 43.4 Å². The van der Waals surface area contributed by atoms with Crippen LogP contribution in [0.3, 0.4) is 0 Å². The first-order chi connectivity index (χ1) is 11.8. The third-order valence-electron chi connectivity index (χ3n) is 4.19. The number of carbonyl (C=O) groups is 2. The van der Waals surface area contributed by atoms with Crippen molar-refractivity contribution < 1.29 is 9.59 Å². The number of rotatable bonds is 5. The SMILES string of the molecule is CC(=O)N(CC(=O)Nc1ccc(C)cc1C)c1ccccc1C(C)C. The van der Waals surface area contributed by atoms with Gasteiger partial charge in [-0.3, -0.25) is 9.59 Å². The Labute approximate surface area is 149 Å². The Balaban J connectivity index is 2.22. The molecule has 0 aromatic heterocycles. The summed E-state index contributed by atoms with van der Waals surface area (Å²) in [6.07, 6.45) is 0. The highest BCUT2D eigenvalue weighted by Gasteiger charge is 2.20. The lowest BCUT2D eigenvalue weighted by atomic mass is 10.0. The first kappa shape index (κ1) is 18.7. The molecular weight excluding hydrogens is 312 g/mol. The second-order valence-electron chi connectivity index (χ2n) is 6.69. The minimum Gasteiger partial charge on any atom is -0.324 e. The van der Waals surface area contributed by atoms with Gasteiger partial charge in [0.05, 0.1) is 0 Å². The fourth-order valence-corrected chi connectivity index (χ4v) is 2.87. The van der Waals surface area contributed by atoms with Crippen molar-refractivity contribution in [2.75, 3.05) is 16.8 Å². The summed E-state index contributed by atoms with van der Waals surface area (Å²) < 4.78 is 0. The zero-order valence-corrected chi connectivity index (χ0v) is 15.6. The summed E-state index contributed by atoms with van der Waals surface area (Å²) in [6, 6.07) is 13.6. The number of hydrogen-bond donors (Lipinski definition) is 1. The Bertz CT molecular complexity index is 781. The van der Waals surface area contributed by atoms with E-state index in [1.807, 2.05) is 56.3 Å². The lowest BCUT2D eigenvalue weighted by molar-refractivity contribution is -0.120. The molecule has 0 spiro atoms. The summed E-state index contributed by atoms with van der Waals surface area (Å²) in [5.41, 5.74) is 4.77. The summed E-state index contributed by atoms with van der Waals surface area (Å²) in [4.78, 5) is 26.2. The zero-order chi connectivity index (χ0) is 18.6. The largest absolute Gasteiger partial charge is 0.324 e. The summed E-state index contributed by atoms with van der Waals surface area (Å²) in [7, 11) is 0. The molecule has 0 fully saturated rings. The maximum Gasteiger partial charge on any atom is 0.244 e. The van der Waals surface area contributed by atoms with Crippen molar-refractivity contribution in [1.29, 1.82) is 0 Å². The van der Waals surface area contributed by atoms with Gasteiger partial charge >= 0.3 is 0 Å².